The monoisotopic (exact) mass is 666 g/mol. The smallest absolute Gasteiger partial charge is 0.168 e. The van der Waals surface area contributed by atoms with E-state index in [1.165, 1.54) is 116 Å². The van der Waals surface area contributed by atoms with Crippen molar-refractivity contribution in [3.63, 3.8) is 0 Å². The average Bonchev–Trinajstić information content (AvgIpc) is 3.49. The molecule has 0 bridgehead atoms. The molecular formula is C45H79NO2. The van der Waals surface area contributed by atoms with E-state index in [4.69, 9.17) is 9.47 Å². The second-order valence-electron chi connectivity index (χ2n) is 14.2. The molecule has 1 aliphatic rings. The molecular weight excluding hydrogens is 587 g/mol. The van der Waals surface area contributed by atoms with Crippen LogP contribution in [0.2, 0.25) is 0 Å². The number of rotatable bonds is 33. The van der Waals surface area contributed by atoms with Gasteiger partial charge in [-0.15, -0.1) is 0 Å². The fourth-order valence-electron chi connectivity index (χ4n) is 6.15. The lowest BCUT2D eigenvalue weighted by Crippen LogP contribution is -2.31. The normalized spacial score (nSPS) is 19.1. The Kier molecular flexibility index (Phi) is 31.2. The first kappa shape index (κ1) is 44.3. The van der Waals surface area contributed by atoms with Gasteiger partial charge in [0, 0.05) is 19.4 Å². The van der Waals surface area contributed by atoms with E-state index in [1.54, 1.807) is 0 Å². The minimum Gasteiger partial charge on any atom is -0.347 e. The molecule has 0 amide bonds. The fraction of sp³-hybridized carbons (Fsp3) is 0.733. The number of nitrogens with zero attached hydrogens (tertiary/aromatic N) is 1. The van der Waals surface area contributed by atoms with Crippen molar-refractivity contribution < 1.29 is 9.47 Å². The standard InChI is InChI=1S/C45H79NO2/c1-5-7-9-11-13-15-17-19-21-23-24-26-28-30-32-34-36-38-41-45(47-43-44(48-45)39-42-46(3)4)40-37-35-33-31-29-27-25-22-20-18-16-14-12-10-8-6-2/h13-16,19-22,24,26-27,29,44H,5-12,17-18,23,25,28,30-43H2,1-4H3/b15-13-,16-14-,21-19-,22-20-,26-24-,29-27-. The van der Waals surface area contributed by atoms with Crippen molar-refractivity contribution >= 4 is 0 Å². The van der Waals surface area contributed by atoms with Gasteiger partial charge in [-0.05, 0) is 110 Å². The van der Waals surface area contributed by atoms with E-state index in [2.05, 4.69) is 106 Å². The van der Waals surface area contributed by atoms with Gasteiger partial charge in [-0.1, -0.05) is 138 Å². The molecule has 2 unspecified atom stereocenters. The predicted molar refractivity (Wildman–Crippen MR) is 214 cm³/mol. The lowest BCUT2D eigenvalue weighted by molar-refractivity contribution is -0.180. The Morgan fingerprint density at radius 3 is 1.31 bits per heavy atom. The van der Waals surface area contributed by atoms with Gasteiger partial charge in [-0.3, -0.25) is 0 Å². The van der Waals surface area contributed by atoms with Gasteiger partial charge in [0.1, 0.15) is 0 Å². The maximum Gasteiger partial charge on any atom is 0.168 e. The van der Waals surface area contributed by atoms with Crippen molar-refractivity contribution in [1.29, 1.82) is 0 Å². The highest BCUT2D eigenvalue weighted by Crippen LogP contribution is 2.35. The van der Waals surface area contributed by atoms with E-state index >= 15 is 0 Å². The Morgan fingerprint density at radius 1 is 0.500 bits per heavy atom. The zero-order valence-corrected chi connectivity index (χ0v) is 32.4. The van der Waals surface area contributed by atoms with E-state index in [0.29, 0.717) is 0 Å². The van der Waals surface area contributed by atoms with Crippen molar-refractivity contribution in [1.82, 2.24) is 4.90 Å². The SMILES string of the molecule is CCCCC/C=C\C/C=C\C/C=C\CCCCCCCC1(CCCCC/C=C\C/C=C\C/C=C\CCCCC)OCC(CCN(C)C)O1. The Balaban J connectivity index is 2.20. The maximum absolute atomic E-state index is 6.66. The van der Waals surface area contributed by atoms with Crippen LogP contribution in [-0.2, 0) is 9.47 Å². The van der Waals surface area contributed by atoms with Gasteiger partial charge in [-0.2, -0.15) is 0 Å². The van der Waals surface area contributed by atoms with Crippen LogP contribution < -0.4 is 0 Å². The summed E-state index contributed by atoms with van der Waals surface area (Å²) < 4.78 is 13.1. The van der Waals surface area contributed by atoms with Crippen molar-refractivity contribution in [2.24, 2.45) is 0 Å². The number of allylic oxidation sites excluding steroid dienone is 12. The van der Waals surface area contributed by atoms with E-state index in [-0.39, 0.29) is 11.9 Å². The van der Waals surface area contributed by atoms with E-state index in [9.17, 15) is 0 Å². The van der Waals surface area contributed by atoms with Crippen LogP contribution in [0.25, 0.3) is 0 Å². The highest BCUT2D eigenvalue weighted by atomic mass is 16.7. The van der Waals surface area contributed by atoms with Crippen molar-refractivity contribution in [3.8, 4) is 0 Å². The van der Waals surface area contributed by atoms with Gasteiger partial charge in [0.2, 0.25) is 0 Å². The van der Waals surface area contributed by atoms with Crippen LogP contribution in [0.4, 0.5) is 0 Å². The largest absolute Gasteiger partial charge is 0.347 e. The first-order chi connectivity index (χ1) is 23.6. The van der Waals surface area contributed by atoms with Crippen molar-refractivity contribution in [2.75, 3.05) is 27.2 Å². The quantitative estimate of drug-likeness (QED) is 0.0514. The first-order valence-electron chi connectivity index (χ1n) is 20.5. The predicted octanol–water partition coefficient (Wildman–Crippen LogP) is 13.8. The van der Waals surface area contributed by atoms with Gasteiger partial charge in [0.25, 0.3) is 0 Å². The summed E-state index contributed by atoms with van der Waals surface area (Å²) in [5, 5.41) is 0. The zero-order valence-electron chi connectivity index (χ0n) is 32.4. The molecule has 1 aliphatic heterocycles. The molecule has 1 heterocycles. The third kappa shape index (κ3) is 28.2. The number of ether oxygens (including phenoxy) is 2. The van der Waals surface area contributed by atoms with Gasteiger partial charge >= 0.3 is 0 Å². The average molecular weight is 666 g/mol. The van der Waals surface area contributed by atoms with Crippen LogP contribution in [0.15, 0.2) is 72.9 Å². The third-order valence-corrected chi connectivity index (χ3v) is 9.21. The number of hydrogen-bond acceptors (Lipinski definition) is 3. The van der Waals surface area contributed by atoms with Crippen molar-refractivity contribution in [2.45, 2.75) is 186 Å². The molecule has 276 valence electrons. The summed E-state index contributed by atoms with van der Waals surface area (Å²) in [5.41, 5.74) is 0. The maximum atomic E-state index is 6.66. The number of unbranched alkanes of at least 4 members (excludes halogenated alkanes) is 14. The zero-order chi connectivity index (χ0) is 34.6. The summed E-state index contributed by atoms with van der Waals surface area (Å²) >= 11 is 0. The first-order valence-corrected chi connectivity index (χ1v) is 20.5. The lowest BCUT2D eigenvalue weighted by atomic mass is 9.99. The van der Waals surface area contributed by atoms with Gasteiger partial charge in [-0.25, -0.2) is 0 Å². The van der Waals surface area contributed by atoms with Gasteiger partial charge in [0.05, 0.1) is 12.7 Å². The molecule has 2 atom stereocenters. The second kappa shape index (κ2) is 33.8. The highest BCUT2D eigenvalue weighted by Gasteiger charge is 2.40. The van der Waals surface area contributed by atoms with Crippen LogP contribution in [-0.4, -0.2) is 44.0 Å². The lowest BCUT2D eigenvalue weighted by Gasteiger charge is -2.28. The molecule has 0 aliphatic carbocycles. The molecule has 0 aromatic rings. The van der Waals surface area contributed by atoms with Crippen molar-refractivity contribution in [3.05, 3.63) is 72.9 Å². The summed E-state index contributed by atoms with van der Waals surface area (Å²) in [4.78, 5) is 2.25. The molecule has 3 nitrogen and oxygen atoms in total. The molecule has 0 spiro atoms. The topological polar surface area (TPSA) is 21.7 Å². The van der Waals surface area contributed by atoms with Gasteiger partial charge < -0.3 is 14.4 Å². The Hall–Kier alpha value is -1.68. The van der Waals surface area contributed by atoms with E-state index < -0.39 is 0 Å². The molecule has 0 aromatic carbocycles. The molecule has 0 saturated carbocycles. The summed E-state index contributed by atoms with van der Waals surface area (Å²) in [6.07, 6.45) is 58.4. The second-order valence-corrected chi connectivity index (χ2v) is 14.2. The molecule has 1 fully saturated rings. The van der Waals surface area contributed by atoms with Crippen LogP contribution in [0.5, 0.6) is 0 Å². The molecule has 1 saturated heterocycles. The fourth-order valence-corrected chi connectivity index (χ4v) is 6.15. The van der Waals surface area contributed by atoms with Crippen LogP contribution in [0.3, 0.4) is 0 Å². The number of hydrogen-bond donors (Lipinski definition) is 0. The van der Waals surface area contributed by atoms with E-state index in [0.717, 1.165) is 58.1 Å². The molecule has 0 N–H and O–H groups in total. The van der Waals surface area contributed by atoms with Crippen LogP contribution in [0.1, 0.15) is 174 Å². The minimum absolute atomic E-state index is 0.244. The minimum atomic E-state index is -0.344. The third-order valence-electron chi connectivity index (χ3n) is 9.21. The Bertz CT molecular complexity index is 866. The Morgan fingerprint density at radius 2 is 0.875 bits per heavy atom. The molecule has 0 radical (unpaired) electrons. The summed E-state index contributed by atoms with van der Waals surface area (Å²) in [6.45, 7) is 6.34. The van der Waals surface area contributed by atoms with Crippen LogP contribution >= 0.6 is 0 Å². The molecule has 3 heteroatoms. The summed E-state index contributed by atoms with van der Waals surface area (Å²) in [7, 11) is 4.29. The molecule has 0 aromatic heterocycles. The van der Waals surface area contributed by atoms with Crippen LogP contribution in [0, 0.1) is 0 Å². The molecule has 1 rings (SSSR count). The summed E-state index contributed by atoms with van der Waals surface area (Å²) in [6, 6.07) is 0. The molecule has 48 heavy (non-hydrogen) atoms. The summed E-state index contributed by atoms with van der Waals surface area (Å²) in [5.74, 6) is -0.344. The van der Waals surface area contributed by atoms with E-state index in [1.807, 2.05) is 0 Å². The Labute approximate surface area is 300 Å². The van der Waals surface area contributed by atoms with Gasteiger partial charge in [0.15, 0.2) is 5.79 Å². The highest BCUT2D eigenvalue weighted by molar-refractivity contribution is 4.98.